The lowest BCUT2D eigenvalue weighted by atomic mass is 10.1. The fraction of sp³-hybridized carbons (Fsp3) is 1.00. The lowest BCUT2D eigenvalue weighted by Gasteiger charge is -2.22. The van der Waals surface area contributed by atoms with E-state index in [0.29, 0.717) is 6.04 Å². The van der Waals surface area contributed by atoms with Crippen molar-refractivity contribution < 1.29 is 4.74 Å². The molecule has 2 rings (SSSR count). The van der Waals surface area contributed by atoms with E-state index in [-0.39, 0.29) is 5.60 Å². The Morgan fingerprint density at radius 2 is 2.27 bits per heavy atom. The Labute approximate surface area is 68.3 Å². The van der Waals surface area contributed by atoms with Crippen LogP contribution in [0.15, 0.2) is 0 Å². The van der Waals surface area contributed by atoms with Crippen LogP contribution in [-0.4, -0.2) is 25.3 Å². The highest BCUT2D eigenvalue weighted by molar-refractivity contribution is 5.11. The van der Waals surface area contributed by atoms with Crippen molar-refractivity contribution in [2.45, 2.75) is 37.8 Å². The third-order valence-electron chi connectivity index (χ3n) is 3.33. The zero-order valence-corrected chi connectivity index (χ0v) is 7.39. The van der Waals surface area contributed by atoms with E-state index >= 15 is 0 Å². The summed E-state index contributed by atoms with van der Waals surface area (Å²) in [6, 6.07) is 0.641. The van der Waals surface area contributed by atoms with E-state index in [9.17, 15) is 0 Å². The molecule has 1 saturated carbocycles. The molecule has 3 atom stereocenters. The first-order valence-corrected chi connectivity index (χ1v) is 4.58. The minimum atomic E-state index is 0.219. The van der Waals surface area contributed by atoms with Crippen molar-refractivity contribution in [3.05, 3.63) is 0 Å². The van der Waals surface area contributed by atoms with Gasteiger partial charge in [-0.15, -0.1) is 0 Å². The van der Waals surface area contributed by atoms with Gasteiger partial charge in [0.05, 0.1) is 5.60 Å². The van der Waals surface area contributed by atoms with Gasteiger partial charge in [0, 0.05) is 13.2 Å². The lowest BCUT2D eigenvalue weighted by Crippen LogP contribution is -2.39. The molecule has 2 nitrogen and oxygen atoms in total. The molecule has 0 aromatic rings. The molecule has 0 aromatic heterocycles. The molecule has 1 aliphatic carbocycles. The van der Waals surface area contributed by atoms with E-state index in [2.05, 4.69) is 12.2 Å². The summed E-state index contributed by atoms with van der Waals surface area (Å²) in [7, 11) is 1.85. The standard InChI is InChI=1S/C9H17NO/c1-7-6-9(7,11-2)8-4-3-5-10-8/h7-8,10H,3-6H2,1-2H3. The third-order valence-corrected chi connectivity index (χ3v) is 3.33. The van der Waals surface area contributed by atoms with Gasteiger partial charge in [0.2, 0.25) is 0 Å². The smallest absolute Gasteiger partial charge is 0.0860 e. The normalized spacial score (nSPS) is 49.6. The number of methoxy groups -OCH3 is 1. The average molecular weight is 155 g/mol. The quantitative estimate of drug-likeness (QED) is 0.646. The van der Waals surface area contributed by atoms with Crippen LogP contribution in [0.1, 0.15) is 26.2 Å². The molecule has 11 heavy (non-hydrogen) atoms. The Bertz CT molecular complexity index is 150. The summed E-state index contributed by atoms with van der Waals surface area (Å²) in [4.78, 5) is 0. The van der Waals surface area contributed by atoms with E-state index in [0.717, 1.165) is 5.92 Å². The molecule has 64 valence electrons. The largest absolute Gasteiger partial charge is 0.376 e. The van der Waals surface area contributed by atoms with Crippen LogP contribution in [-0.2, 0) is 4.74 Å². The molecule has 1 heterocycles. The van der Waals surface area contributed by atoms with Crippen molar-refractivity contribution >= 4 is 0 Å². The van der Waals surface area contributed by atoms with Crippen molar-refractivity contribution in [1.29, 1.82) is 0 Å². The van der Waals surface area contributed by atoms with Crippen molar-refractivity contribution in [2.24, 2.45) is 5.92 Å². The van der Waals surface area contributed by atoms with Gasteiger partial charge in [-0.2, -0.15) is 0 Å². The Balaban J connectivity index is 2.01. The minimum absolute atomic E-state index is 0.219. The number of rotatable bonds is 2. The van der Waals surface area contributed by atoms with Gasteiger partial charge in [0.1, 0.15) is 0 Å². The fourth-order valence-corrected chi connectivity index (χ4v) is 2.43. The molecular formula is C9H17NO. The highest BCUT2D eigenvalue weighted by atomic mass is 16.5. The van der Waals surface area contributed by atoms with Crippen LogP contribution in [0.3, 0.4) is 0 Å². The maximum absolute atomic E-state index is 5.58. The fourth-order valence-electron chi connectivity index (χ4n) is 2.43. The number of nitrogens with one attached hydrogen (secondary N) is 1. The first-order chi connectivity index (χ1) is 5.29. The third kappa shape index (κ3) is 1.00. The highest BCUT2D eigenvalue weighted by Gasteiger charge is 2.57. The zero-order chi connectivity index (χ0) is 7.90. The molecule has 2 heteroatoms. The predicted octanol–water partition coefficient (Wildman–Crippen LogP) is 1.16. The number of hydrogen-bond donors (Lipinski definition) is 1. The maximum atomic E-state index is 5.58. The summed E-state index contributed by atoms with van der Waals surface area (Å²) in [5.74, 6) is 0.767. The molecule has 0 spiro atoms. The van der Waals surface area contributed by atoms with E-state index in [1.165, 1.54) is 25.8 Å². The molecule has 1 saturated heterocycles. The second-order valence-electron chi connectivity index (χ2n) is 3.91. The van der Waals surface area contributed by atoms with Crippen LogP contribution in [0.5, 0.6) is 0 Å². The number of hydrogen-bond acceptors (Lipinski definition) is 2. The average Bonchev–Trinajstić information content (AvgIpc) is 2.55. The number of ether oxygens (including phenoxy) is 1. The SMILES string of the molecule is COC1(C2CCCN2)CC1C. The minimum Gasteiger partial charge on any atom is -0.376 e. The van der Waals surface area contributed by atoms with E-state index in [1.54, 1.807) is 0 Å². The van der Waals surface area contributed by atoms with Crippen molar-refractivity contribution in [2.75, 3.05) is 13.7 Å². The van der Waals surface area contributed by atoms with Gasteiger partial charge < -0.3 is 10.1 Å². The van der Waals surface area contributed by atoms with Gasteiger partial charge in [0.15, 0.2) is 0 Å². The summed E-state index contributed by atoms with van der Waals surface area (Å²) in [6.07, 6.45) is 3.88. The molecule has 2 fully saturated rings. The Kier molecular flexibility index (Phi) is 1.69. The zero-order valence-electron chi connectivity index (χ0n) is 7.39. The van der Waals surface area contributed by atoms with Crippen molar-refractivity contribution in [1.82, 2.24) is 5.32 Å². The molecule has 0 amide bonds. The molecule has 0 bridgehead atoms. The van der Waals surface area contributed by atoms with Crippen LogP contribution in [0.25, 0.3) is 0 Å². The second kappa shape index (κ2) is 2.46. The monoisotopic (exact) mass is 155 g/mol. The van der Waals surface area contributed by atoms with Gasteiger partial charge >= 0.3 is 0 Å². The maximum Gasteiger partial charge on any atom is 0.0860 e. The highest BCUT2D eigenvalue weighted by Crippen LogP contribution is 2.50. The summed E-state index contributed by atoms with van der Waals surface area (Å²) >= 11 is 0. The van der Waals surface area contributed by atoms with Gasteiger partial charge in [-0.05, 0) is 31.7 Å². The van der Waals surface area contributed by atoms with E-state index in [4.69, 9.17) is 4.74 Å². The Morgan fingerprint density at radius 3 is 2.64 bits per heavy atom. The first-order valence-electron chi connectivity index (χ1n) is 4.58. The van der Waals surface area contributed by atoms with Gasteiger partial charge in [-0.3, -0.25) is 0 Å². The van der Waals surface area contributed by atoms with Crippen LogP contribution in [0.4, 0.5) is 0 Å². The van der Waals surface area contributed by atoms with Crippen LogP contribution >= 0.6 is 0 Å². The molecule has 0 aromatic carbocycles. The Hall–Kier alpha value is -0.0800. The van der Waals surface area contributed by atoms with Gasteiger partial charge in [0.25, 0.3) is 0 Å². The molecular weight excluding hydrogens is 138 g/mol. The lowest BCUT2D eigenvalue weighted by molar-refractivity contribution is 0.0393. The summed E-state index contributed by atoms with van der Waals surface area (Å²) in [6.45, 7) is 3.46. The van der Waals surface area contributed by atoms with Crippen LogP contribution in [0, 0.1) is 5.92 Å². The van der Waals surface area contributed by atoms with E-state index in [1.807, 2.05) is 7.11 Å². The summed E-state index contributed by atoms with van der Waals surface area (Å²) < 4.78 is 5.58. The molecule has 0 radical (unpaired) electrons. The summed E-state index contributed by atoms with van der Waals surface area (Å²) in [5.41, 5.74) is 0.219. The second-order valence-corrected chi connectivity index (χ2v) is 3.91. The van der Waals surface area contributed by atoms with E-state index < -0.39 is 0 Å². The van der Waals surface area contributed by atoms with Crippen LogP contribution < -0.4 is 5.32 Å². The van der Waals surface area contributed by atoms with Crippen molar-refractivity contribution in [3.8, 4) is 0 Å². The molecule has 2 aliphatic rings. The van der Waals surface area contributed by atoms with Gasteiger partial charge in [-0.25, -0.2) is 0 Å². The first kappa shape index (κ1) is 7.56. The molecule has 1 N–H and O–H groups in total. The molecule has 3 unspecified atom stereocenters. The Morgan fingerprint density at radius 1 is 1.55 bits per heavy atom. The topological polar surface area (TPSA) is 21.3 Å². The summed E-state index contributed by atoms with van der Waals surface area (Å²) in [5, 5.41) is 3.52. The van der Waals surface area contributed by atoms with Gasteiger partial charge in [-0.1, -0.05) is 6.92 Å². The van der Waals surface area contributed by atoms with Crippen LogP contribution in [0.2, 0.25) is 0 Å². The molecule has 1 aliphatic heterocycles. The predicted molar refractivity (Wildman–Crippen MR) is 44.5 cm³/mol. The van der Waals surface area contributed by atoms with Crippen molar-refractivity contribution in [3.63, 3.8) is 0 Å².